The third-order valence-electron chi connectivity index (χ3n) is 5.22. The summed E-state index contributed by atoms with van der Waals surface area (Å²) in [5.74, 6) is -0.453. The molecule has 1 aliphatic heterocycles. The summed E-state index contributed by atoms with van der Waals surface area (Å²) < 4.78 is 11.2. The van der Waals surface area contributed by atoms with E-state index in [-0.39, 0.29) is 17.6 Å². The number of carbonyl (C=O) groups excluding carboxylic acids is 2. The maximum absolute atomic E-state index is 13.2. The first-order chi connectivity index (χ1) is 14.7. The van der Waals surface area contributed by atoms with Gasteiger partial charge in [-0.2, -0.15) is 0 Å². The number of nitrogens with zero attached hydrogens (tertiary/aromatic N) is 2. The van der Waals surface area contributed by atoms with Crippen LogP contribution >= 0.6 is 0 Å². The molecule has 30 heavy (non-hydrogen) atoms. The van der Waals surface area contributed by atoms with Gasteiger partial charge in [-0.1, -0.05) is 24.3 Å². The van der Waals surface area contributed by atoms with Crippen LogP contribution in [0.3, 0.4) is 0 Å². The van der Waals surface area contributed by atoms with Crippen LogP contribution in [0.5, 0.6) is 0 Å². The van der Waals surface area contributed by atoms with E-state index in [9.17, 15) is 9.59 Å². The number of aromatic nitrogens is 1. The lowest BCUT2D eigenvalue weighted by atomic mass is 10.1. The van der Waals surface area contributed by atoms with Crippen molar-refractivity contribution in [1.29, 1.82) is 0 Å². The summed E-state index contributed by atoms with van der Waals surface area (Å²) in [6.45, 7) is 1.93. The number of rotatable bonds is 3. The average Bonchev–Trinajstić information content (AvgIpc) is 3.17. The van der Waals surface area contributed by atoms with Gasteiger partial charge in [0, 0.05) is 35.6 Å². The fourth-order valence-corrected chi connectivity index (χ4v) is 3.71. The lowest BCUT2D eigenvalue weighted by Crippen LogP contribution is -2.40. The van der Waals surface area contributed by atoms with Gasteiger partial charge in [0.25, 0.3) is 11.8 Å². The highest BCUT2D eigenvalue weighted by Crippen LogP contribution is 2.32. The summed E-state index contributed by atoms with van der Waals surface area (Å²) >= 11 is 0. The number of pyridine rings is 1. The molecule has 1 N–H and O–H groups in total. The second-order valence-corrected chi connectivity index (χ2v) is 7.04. The zero-order valence-electron chi connectivity index (χ0n) is 16.1. The molecule has 0 aliphatic carbocycles. The van der Waals surface area contributed by atoms with E-state index in [1.165, 1.54) is 0 Å². The van der Waals surface area contributed by atoms with Gasteiger partial charge in [0.1, 0.15) is 11.3 Å². The Morgan fingerprint density at radius 2 is 1.73 bits per heavy atom. The van der Waals surface area contributed by atoms with Gasteiger partial charge in [-0.05, 0) is 30.3 Å². The number of nitrogens with one attached hydrogen (secondary N) is 1. The highest BCUT2D eigenvalue weighted by atomic mass is 16.5. The largest absolute Gasteiger partial charge is 0.449 e. The predicted molar refractivity (Wildman–Crippen MR) is 113 cm³/mol. The van der Waals surface area contributed by atoms with E-state index < -0.39 is 0 Å². The molecule has 1 saturated heterocycles. The average molecular weight is 401 g/mol. The number of hydrogen-bond donors (Lipinski definition) is 1. The minimum absolute atomic E-state index is 0.129. The Balaban J connectivity index is 1.56. The monoisotopic (exact) mass is 401 g/mol. The number of para-hydroxylation sites is 1. The Labute approximate surface area is 172 Å². The first kappa shape index (κ1) is 18.3. The molecule has 0 bridgehead atoms. The molecule has 3 heterocycles. The van der Waals surface area contributed by atoms with Crippen molar-refractivity contribution in [2.45, 2.75) is 0 Å². The molecule has 0 spiro atoms. The van der Waals surface area contributed by atoms with Gasteiger partial charge < -0.3 is 19.4 Å². The summed E-state index contributed by atoms with van der Waals surface area (Å²) in [4.78, 5) is 32.3. The molecule has 2 amide bonds. The summed E-state index contributed by atoms with van der Waals surface area (Å²) in [6.07, 6.45) is 1.69. The van der Waals surface area contributed by atoms with Gasteiger partial charge in [-0.3, -0.25) is 14.6 Å². The van der Waals surface area contributed by atoms with E-state index in [0.717, 1.165) is 10.9 Å². The third-order valence-corrected chi connectivity index (χ3v) is 5.22. The Morgan fingerprint density at radius 1 is 0.933 bits per heavy atom. The molecular formula is C23H19N3O4. The van der Waals surface area contributed by atoms with E-state index in [1.54, 1.807) is 35.4 Å². The van der Waals surface area contributed by atoms with Gasteiger partial charge in [-0.15, -0.1) is 0 Å². The number of ether oxygens (including phenoxy) is 1. The van der Waals surface area contributed by atoms with Crippen molar-refractivity contribution in [3.63, 3.8) is 0 Å². The zero-order valence-corrected chi connectivity index (χ0v) is 16.1. The SMILES string of the molecule is O=C(Nc1c(C(=O)N2CCOCC2)oc2ccccc12)c1cccc2ncccc12. The van der Waals surface area contributed by atoms with E-state index in [4.69, 9.17) is 9.15 Å². The van der Waals surface area contributed by atoms with Crippen LogP contribution in [0.2, 0.25) is 0 Å². The van der Waals surface area contributed by atoms with Crippen LogP contribution < -0.4 is 5.32 Å². The molecular weight excluding hydrogens is 382 g/mol. The number of furan rings is 1. The molecule has 7 nitrogen and oxygen atoms in total. The number of anilines is 1. The van der Waals surface area contributed by atoms with Gasteiger partial charge in [-0.25, -0.2) is 0 Å². The second-order valence-electron chi connectivity index (χ2n) is 7.04. The number of morpholine rings is 1. The van der Waals surface area contributed by atoms with E-state index >= 15 is 0 Å². The minimum Gasteiger partial charge on any atom is -0.449 e. The Bertz CT molecular complexity index is 1250. The number of carbonyl (C=O) groups is 2. The molecule has 4 aromatic rings. The van der Waals surface area contributed by atoms with Crippen LogP contribution in [0.4, 0.5) is 5.69 Å². The summed E-state index contributed by atoms with van der Waals surface area (Å²) in [6, 6.07) is 16.3. The zero-order chi connectivity index (χ0) is 20.5. The maximum Gasteiger partial charge on any atom is 0.291 e. The second kappa shape index (κ2) is 7.61. The molecule has 150 valence electrons. The molecule has 7 heteroatoms. The van der Waals surface area contributed by atoms with Crippen molar-refractivity contribution in [3.8, 4) is 0 Å². The van der Waals surface area contributed by atoms with Crippen LogP contribution in [0.25, 0.3) is 21.9 Å². The van der Waals surface area contributed by atoms with Crippen molar-refractivity contribution >= 4 is 39.4 Å². The number of fused-ring (bicyclic) bond motifs is 2. The van der Waals surface area contributed by atoms with Crippen molar-refractivity contribution < 1.29 is 18.7 Å². The Hall–Kier alpha value is -3.71. The standard InChI is InChI=1S/C23H19N3O4/c27-22(16-6-3-8-18-15(16)7-4-10-24-18)25-20-17-5-1-2-9-19(17)30-21(20)23(28)26-11-13-29-14-12-26/h1-10H,11-14H2,(H,25,27). The van der Waals surface area contributed by atoms with Crippen LogP contribution in [-0.2, 0) is 4.74 Å². The normalized spacial score (nSPS) is 14.2. The quantitative estimate of drug-likeness (QED) is 0.566. The third kappa shape index (κ3) is 3.19. The Kier molecular flexibility index (Phi) is 4.65. The number of amides is 2. The summed E-state index contributed by atoms with van der Waals surface area (Å²) in [5.41, 5.74) is 2.14. The molecule has 0 atom stereocenters. The van der Waals surface area contributed by atoms with Crippen molar-refractivity contribution in [2.75, 3.05) is 31.6 Å². The molecule has 1 aliphatic rings. The van der Waals surface area contributed by atoms with Crippen LogP contribution in [0, 0.1) is 0 Å². The van der Waals surface area contributed by atoms with Gasteiger partial charge in [0.05, 0.1) is 18.7 Å². The molecule has 0 radical (unpaired) electrons. The van der Waals surface area contributed by atoms with Crippen molar-refractivity contribution in [3.05, 3.63) is 72.1 Å². The molecule has 5 rings (SSSR count). The highest BCUT2D eigenvalue weighted by Gasteiger charge is 2.28. The van der Waals surface area contributed by atoms with E-state index in [0.29, 0.717) is 48.5 Å². The number of hydrogen-bond acceptors (Lipinski definition) is 5. The topological polar surface area (TPSA) is 84.7 Å². The number of benzene rings is 2. The highest BCUT2D eigenvalue weighted by molar-refractivity contribution is 6.17. The van der Waals surface area contributed by atoms with Crippen LogP contribution in [0.1, 0.15) is 20.9 Å². The molecule has 2 aromatic carbocycles. The maximum atomic E-state index is 13.2. The lowest BCUT2D eigenvalue weighted by Gasteiger charge is -2.26. The predicted octanol–water partition coefficient (Wildman–Crippen LogP) is 3.71. The first-order valence-corrected chi connectivity index (χ1v) is 9.76. The summed E-state index contributed by atoms with van der Waals surface area (Å²) in [5, 5.41) is 4.35. The van der Waals surface area contributed by atoms with Gasteiger partial charge >= 0.3 is 0 Å². The fourth-order valence-electron chi connectivity index (χ4n) is 3.71. The molecule has 0 unspecified atom stereocenters. The van der Waals surface area contributed by atoms with Gasteiger partial charge in [0.2, 0.25) is 5.76 Å². The van der Waals surface area contributed by atoms with Crippen LogP contribution in [-0.4, -0.2) is 48.0 Å². The fraction of sp³-hybridized carbons (Fsp3) is 0.174. The summed E-state index contributed by atoms with van der Waals surface area (Å²) in [7, 11) is 0. The lowest BCUT2D eigenvalue weighted by molar-refractivity contribution is 0.0285. The van der Waals surface area contributed by atoms with Crippen molar-refractivity contribution in [1.82, 2.24) is 9.88 Å². The molecule has 1 fully saturated rings. The first-order valence-electron chi connectivity index (χ1n) is 9.76. The smallest absolute Gasteiger partial charge is 0.291 e. The van der Waals surface area contributed by atoms with Crippen molar-refractivity contribution in [2.24, 2.45) is 0 Å². The minimum atomic E-state index is -0.323. The van der Waals surface area contributed by atoms with Crippen LogP contribution in [0.15, 0.2) is 65.2 Å². The Morgan fingerprint density at radius 3 is 2.60 bits per heavy atom. The molecule has 2 aromatic heterocycles. The van der Waals surface area contributed by atoms with Gasteiger partial charge in [0.15, 0.2) is 0 Å². The van der Waals surface area contributed by atoms with E-state index in [1.807, 2.05) is 30.3 Å². The van der Waals surface area contributed by atoms with E-state index in [2.05, 4.69) is 10.3 Å². The molecule has 0 saturated carbocycles.